The summed E-state index contributed by atoms with van der Waals surface area (Å²) in [5, 5.41) is 21.6. The Labute approximate surface area is 174 Å². The van der Waals surface area contributed by atoms with Gasteiger partial charge in [0.2, 0.25) is 0 Å². The van der Waals surface area contributed by atoms with Crippen LogP contribution in [-0.2, 0) is 0 Å². The zero-order chi connectivity index (χ0) is 20.5. The Bertz CT molecular complexity index is 1190. The number of rotatable bonds is 2. The van der Waals surface area contributed by atoms with E-state index >= 15 is 0 Å². The van der Waals surface area contributed by atoms with Gasteiger partial charge in [0, 0.05) is 11.1 Å². The highest BCUT2D eigenvalue weighted by atomic mass is 16.3. The van der Waals surface area contributed by atoms with Crippen molar-refractivity contribution in [3.8, 4) is 11.5 Å². The Morgan fingerprint density at radius 1 is 0.433 bits per heavy atom. The Morgan fingerprint density at radius 3 is 1.23 bits per heavy atom. The van der Waals surface area contributed by atoms with Gasteiger partial charge in [-0.3, -0.25) is 0 Å². The molecular formula is C26H18N2O2. The van der Waals surface area contributed by atoms with E-state index in [-0.39, 0.29) is 11.5 Å². The van der Waals surface area contributed by atoms with Gasteiger partial charge in [0.25, 0.3) is 0 Å². The lowest BCUT2D eigenvalue weighted by Crippen LogP contribution is -2.22. The molecule has 0 saturated heterocycles. The Balaban J connectivity index is 1.85. The summed E-state index contributed by atoms with van der Waals surface area (Å²) in [6.45, 7) is 0. The van der Waals surface area contributed by atoms with E-state index in [2.05, 4.69) is 0 Å². The Morgan fingerprint density at radius 2 is 0.833 bits per heavy atom. The molecule has 0 bridgehead atoms. The largest absolute Gasteiger partial charge is 0.507 e. The molecule has 4 heteroatoms. The van der Waals surface area contributed by atoms with Crippen molar-refractivity contribution in [1.29, 1.82) is 0 Å². The van der Waals surface area contributed by atoms with Crippen molar-refractivity contribution in [3.63, 3.8) is 0 Å². The second kappa shape index (κ2) is 7.33. The number of para-hydroxylation sites is 2. The molecule has 0 amide bonds. The predicted octanol–water partition coefficient (Wildman–Crippen LogP) is 5.75. The molecule has 4 aromatic rings. The number of phenols is 2. The first-order chi connectivity index (χ1) is 14.7. The molecule has 0 fully saturated rings. The molecule has 4 nitrogen and oxygen atoms in total. The molecule has 1 aliphatic carbocycles. The third kappa shape index (κ3) is 3.05. The van der Waals surface area contributed by atoms with Gasteiger partial charge in [0.1, 0.15) is 11.5 Å². The number of aromatic hydroxyl groups is 2. The maximum absolute atomic E-state index is 10.8. The molecule has 0 aliphatic heterocycles. The van der Waals surface area contributed by atoms with E-state index in [1.54, 1.807) is 24.3 Å². The first-order valence-corrected chi connectivity index (χ1v) is 9.65. The molecule has 4 aromatic carbocycles. The van der Waals surface area contributed by atoms with E-state index in [1.807, 2.05) is 72.8 Å². The molecule has 0 spiro atoms. The lowest BCUT2D eigenvalue weighted by molar-refractivity contribution is 0.471. The highest BCUT2D eigenvalue weighted by Gasteiger charge is 2.31. The van der Waals surface area contributed by atoms with Crippen molar-refractivity contribution in [2.24, 2.45) is 9.98 Å². The van der Waals surface area contributed by atoms with Crippen molar-refractivity contribution in [2.45, 2.75) is 0 Å². The van der Waals surface area contributed by atoms with Gasteiger partial charge in [0.05, 0.1) is 33.9 Å². The van der Waals surface area contributed by atoms with Gasteiger partial charge >= 0.3 is 0 Å². The number of phenolic OH excluding ortho intramolecular Hbond substituents is 2. The number of aliphatic imine (C=N–C) groups is 2. The average Bonchev–Trinajstić information content (AvgIpc) is 2.77. The quantitative estimate of drug-likeness (QED) is 0.403. The molecule has 30 heavy (non-hydrogen) atoms. The fourth-order valence-corrected chi connectivity index (χ4v) is 3.74. The summed E-state index contributed by atoms with van der Waals surface area (Å²) in [7, 11) is 0. The SMILES string of the molecule is Oc1cccc2c1C(=Nc1ccccc1)c1cccc(O)c1C2=Nc1ccccc1. The lowest BCUT2D eigenvalue weighted by atomic mass is 9.81. The van der Waals surface area contributed by atoms with Gasteiger partial charge < -0.3 is 10.2 Å². The predicted molar refractivity (Wildman–Crippen MR) is 120 cm³/mol. The fourth-order valence-electron chi connectivity index (χ4n) is 3.74. The Kier molecular flexibility index (Phi) is 4.37. The van der Waals surface area contributed by atoms with Crippen LogP contribution in [0.3, 0.4) is 0 Å². The van der Waals surface area contributed by atoms with E-state index in [9.17, 15) is 10.2 Å². The van der Waals surface area contributed by atoms with Crippen molar-refractivity contribution < 1.29 is 10.2 Å². The summed E-state index contributed by atoms with van der Waals surface area (Å²) < 4.78 is 0. The van der Waals surface area contributed by atoms with Crippen molar-refractivity contribution in [2.75, 3.05) is 0 Å². The summed E-state index contributed by atoms with van der Waals surface area (Å²) in [4.78, 5) is 9.67. The molecular weight excluding hydrogens is 372 g/mol. The molecule has 2 N–H and O–H groups in total. The van der Waals surface area contributed by atoms with Gasteiger partial charge in [0.15, 0.2) is 0 Å². The van der Waals surface area contributed by atoms with Crippen LogP contribution < -0.4 is 0 Å². The lowest BCUT2D eigenvalue weighted by Gasteiger charge is -2.25. The standard InChI is InChI=1S/C26H18N2O2/c29-21-15-8-14-20-23(21)25(27-17-9-3-1-4-10-17)19-13-7-16-22(30)24(19)26(20)28-18-11-5-2-6-12-18/h1-16,29-30H. The first-order valence-electron chi connectivity index (χ1n) is 9.65. The average molecular weight is 390 g/mol. The van der Waals surface area contributed by atoms with Gasteiger partial charge in [-0.05, 0) is 36.4 Å². The molecule has 0 saturated carbocycles. The summed E-state index contributed by atoms with van der Waals surface area (Å²) in [5.74, 6) is 0.244. The number of hydrogen-bond acceptors (Lipinski definition) is 4. The van der Waals surface area contributed by atoms with E-state index in [0.717, 1.165) is 22.5 Å². The smallest absolute Gasteiger partial charge is 0.125 e. The van der Waals surface area contributed by atoms with Crippen LogP contribution in [-0.4, -0.2) is 21.6 Å². The molecule has 144 valence electrons. The minimum absolute atomic E-state index is 0.122. The third-order valence-electron chi connectivity index (χ3n) is 5.06. The minimum atomic E-state index is 0.122. The van der Waals surface area contributed by atoms with Crippen LogP contribution in [0.15, 0.2) is 107 Å². The summed E-state index contributed by atoms with van der Waals surface area (Å²) in [6, 6.07) is 29.8. The number of fused-ring (bicyclic) bond motifs is 2. The fraction of sp³-hybridized carbons (Fsp3) is 0. The maximum atomic E-state index is 10.8. The van der Waals surface area contributed by atoms with E-state index < -0.39 is 0 Å². The number of nitrogens with zero attached hydrogens (tertiary/aromatic N) is 2. The summed E-state index contributed by atoms with van der Waals surface area (Å²) in [5.41, 5.74) is 5.40. The second-order valence-electron chi connectivity index (χ2n) is 6.99. The minimum Gasteiger partial charge on any atom is -0.507 e. The first kappa shape index (κ1) is 17.9. The van der Waals surface area contributed by atoms with Gasteiger partial charge in [-0.15, -0.1) is 0 Å². The molecule has 0 radical (unpaired) electrons. The molecule has 0 atom stereocenters. The normalized spacial score (nSPS) is 15.1. The van der Waals surface area contributed by atoms with Crippen molar-refractivity contribution in [1.82, 2.24) is 0 Å². The van der Waals surface area contributed by atoms with Crippen LogP contribution in [0.4, 0.5) is 11.4 Å². The van der Waals surface area contributed by atoms with Crippen molar-refractivity contribution in [3.05, 3.63) is 119 Å². The zero-order valence-electron chi connectivity index (χ0n) is 16.0. The van der Waals surface area contributed by atoms with Crippen LogP contribution in [0.1, 0.15) is 22.3 Å². The molecule has 0 heterocycles. The summed E-state index contributed by atoms with van der Waals surface area (Å²) in [6.07, 6.45) is 0. The van der Waals surface area contributed by atoms with Crippen LogP contribution in [0.5, 0.6) is 11.5 Å². The summed E-state index contributed by atoms with van der Waals surface area (Å²) >= 11 is 0. The molecule has 5 rings (SSSR count). The highest BCUT2D eigenvalue weighted by Crippen LogP contribution is 2.39. The van der Waals surface area contributed by atoms with Crippen LogP contribution in [0.25, 0.3) is 0 Å². The van der Waals surface area contributed by atoms with Gasteiger partial charge in [-0.1, -0.05) is 60.7 Å². The van der Waals surface area contributed by atoms with E-state index in [1.165, 1.54) is 0 Å². The highest BCUT2D eigenvalue weighted by molar-refractivity contribution is 6.34. The monoisotopic (exact) mass is 390 g/mol. The topological polar surface area (TPSA) is 65.2 Å². The van der Waals surface area contributed by atoms with Crippen molar-refractivity contribution >= 4 is 22.8 Å². The second-order valence-corrected chi connectivity index (χ2v) is 6.99. The van der Waals surface area contributed by atoms with Crippen LogP contribution in [0.2, 0.25) is 0 Å². The van der Waals surface area contributed by atoms with Crippen LogP contribution in [0, 0.1) is 0 Å². The molecule has 0 unspecified atom stereocenters. The van der Waals surface area contributed by atoms with E-state index in [0.29, 0.717) is 22.6 Å². The molecule has 1 aliphatic rings. The van der Waals surface area contributed by atoms with Gasteiger partial charge in [-0.2, -0.15) is 0 Å². The number of benzene rings is 4. The van der Waals surface area contributed by atoms with Gasteiger partial charge in [-0.25, -0.2) is 9.98 Å². The maximum Gasteiger partial charge on any atom is 0.125 e. The van der Waals surface area contributed by atoms with Crippen LogP contribution >= 0.6 is 0 Å². The van der Waals surface area contributed by atoms with E-state index in [4.69, 9.17) is 9.98 Å². The number of hydrogen-bond donors (Lipinski definition) is 2. The third-order valence-corrected chi connectivity index (χ3v) is 5.06. The zero-order valence-corrected chi connectivity index (χ0v) is 16.0. The Hall–Kier alpha value is -4.18. The molecule has 0 aromatic heterocycles.